The first-order valence-electron chi connectivity index (χ1n) is 4.36. The van der Waals surface area contributed by atoms with Crippen LogP contribution in [0.4, 0.5) is 0 Å². The molecule has 1 heteroatoms. The zero-order chi connectivity index (χ0) is 7.61. The molecule has 60 valence electrons. The van der Waals surface area contributed by atoms with Crippen molar-refractivity contribution in [2.75, 3.05) is 19.6 Å². The van der Waals surface area contributed by atoms with E-state index in [9.17, 15) is 0 Å². The van der Waals surface area contributed by atoms with E-state index >= 15 is 0 Å². The molecule has 0 unspecified atom stereocenters. The van der Waals surface area contributed by atoms with Crippen molar-refractivity contribution in [3.8, 4) is 0 Å². The second-order valence-electron chi connectivity index (χ2n) is 4.15. The topological polar surface area (TPSA) is 3.24 Å². The monoisotopic (exact) mass is 141 g/mol. The van der Waals surface area contributed by atoms with Gasteiger partial charge in [0.2, 0.25) is 0 Å². The van der Waals surface area contributed by atoms with Crippen LogP contribution >= 0.6 is 0 Å². The van der Waals surface area contributed by atoms with Crippen LogP contribution in [-0.4, -0.2) is 24.5 Å². The molecule has 0 N–H and O–H groups in total. The van der Waals surface area contributed by atoms with Crippen molar-refractivity contribution in [3.63, 3.8) is 0 Å². The van der Waals surface area contributed by atoms with Crippen LogP contribution in [0.15, 0.2) is 0 Å². The van der Waals surface area contributed by atoms with E-state index < -0.39 is 0 Å². The van der Waals surface area contributed by atoms with Gasteiger partial charge in [-0.05, 0) is 31.3 Å². The van der Waals surface area contributed by atoms with Gasteiger partial charge in [0.05, 0.1) is 0 Å². The SMILES string of the molecule is CCC(C)(C)CN1CCC1. The van der Waals surface area contributed by atoms with E-state index in [0.29, 0.717) is 5.41 Å². The van der Waals surface area contributed by atoms with Crippen LogP contribution in [-0.2, 0) is 0 Å². The molecule has 0 amide bonds. The number of rotatable bonds is 3. The highest BCUT2D eigenvalue weighted by Gasteiger charge is 2.22. The first-order chi connectivity index (χ1) is 4.64. The Morgan fingerprint density at radius 2 is 1.90 bits per heavy atom. The molecule has 0 bridgehead atoms. The minimum atomic E-state index is 0.542. The van der Waals surface area contributed by atoms with Crippen LogP contribution in [0.2, 0.25) is 0 Å². The van der Waals surface area contributed by atoms with E-state index in [1.54, 1.807) is 0 Å². The largest absolute Gasteiger partial charge is 0.303 e. The highest BCUT2D eigenvalue weighted by molar-refractivity contribution is 4.77. The summed E-state index contributed by atoms with van der Waals surface area (Å²) in [6, 6.07) is 0. The third-order valence-corrected chi connectivity index (χ3v) is 2.56. The molecule has 1 saturated heterocycles. The van der Waals surface area contributed by atoms with E-state index in [2.05, 4.69) is 25.7 Å². The highest BCUT2D eigenvalue weighted by atomic mass is 15.2. The van der Waals surface area contributed by atoms with Crippen LogP contribution in [0.25, 0.3) is 0 Å². The Balaban J connectivity index is 2.21. The Bertz CT molecular complexity index is 103. The van der Waals surface area contributed by atoms with Crippen molar-refractivity contribution < 1.29 is 0 Å². The standard InChI is InChI=1S/C9H19N/c1-4-9(2,3)8-10-6-5-7-10/h4-8H2,1-3H3. The molecule has 0 spiro atoms. The summed E-state index contributed by atoms with van der Waals surface area (Å²) in [5.74, 6) is 0. The fourth-order valence-electron chi connectivity index (χ4n) is 1.26. The Morgan fingerprint density at radius 3 is 2.20 bits per heavy atom. The molecule has 10 heavy (non-hydrogen) atoms. The molecule has 1 heterocycles. The second kappa shape index (κ2) is 2.91. The maximum atomic E-state index is 2.55. The van der Waals surface area contributed by atoms with Crippen LogP contribution in [0.1, 0.15) is 33.6 Å². The van der Waals surface area contributed by atoms with Gasteiger partial charge in [0.1, 0.15) is 0 Å². The third kappa shape index (κ3) is 1.98. The molecule has 0 aromatic rings. The predicted octanol–water partition coefficient (Wildman–Crippen LogP) is 2.13. The maximum absolute atomic E-state index is 2.55. The van der Waals surface area contributed by atoms with E-state index in [1.165, 1.54) is 32.5 Å². The first-order valence-corrected chi connectivity index (χ1v) is 4.36. The van der Waals surface area contributed by atoms with Crippen molar-refractivity contribution >= 4 is 0 Å². The quantitative estimate of drug-likeness (QED) is 0.582. The summed E-state index contributed by atoms with van der Waals surface area (Å²) in [6.45, 7) is 11.0. The molecular weight excluding hydrogens is 122 g/mol. The molecule has 1 fully saturated rings. The minimum absolute atomic E-state index is 0.542. The Kier molecular flexibility index (Phi) is 2.35. The van der Waals surface area contributed by atoms with Gasteiger partial charge in [0.15, 0.2) is 0 Å². The summed E-state index contributed by atoms with van der Waals surface area (Å²) in [5, 5.41) is 0. The van der Waals surface area contributed by atoms with Gasteiger partial charge in [-0.25, -0.2) is 0 Å². The second-order valence-corrected chi connectivity index (χ2v) is 4.15. The van der Waals surface area contributed by atoms with Crippen molar-refractivity contribution in [2.24, 2.45) is 5.41 Å². The van der Waals surface area contributed by atoms with Crippen molar-refractivity contribution in [1.29, 1.82) is 0 Å². The number of hydrogen-bond donors (Lipinski definition) is 0. The Labute approximate surface area is 64.4 Å². The molecule has 1 aliphatic rings. The van der Waals surface area contributed by atoms with Crippen LogP contribution in [0, 0.1) is 5.41 Å². The molecule has 1 nitrogen and oxygen atoms in total. The van der Waals surface area contributed by atoms with Gasteiger partial charge in [0, 0.05) is 6.54 Å². The smallest absolute Gasteiger partial charge is 0.00326 e. The van der Waals surface area contributed by atoms with Gasteiger partial charge in [-0.3, -0.25) is 0 Å². The normalized spacial score (nSPS) is 20.7. The number of likely N-dealkylation sites (tertiary alicyclic amines) is 1. The summed E-state index contributed by atoms with van der Waals surface area (Å²) in [6.07, 6.45) is 2.71. The average Bonchev–Trinajstić information content (AvgIpc) is 1.80. The molecule has 1 rings (SSSR count). The van der Waals surface area contributed by atoms with Crippen LogP contribution < -0.4 is 0 Å². The summed E-state index contributed by atoms with van der Waals surface area (Å²) in [7, 11) is 0. The summed E-state index contributed by atoms with van der Waals surface area (Å²) in [4.78, 5) is 2.55. The number of nitrogens with zero attached hydrogens (tertiary/aromatic N) is 1. The lowest BCUT2D eigenvalue weighted by atomic mass is 9.89. The predicted molar refractivity (Wildman–Crippen MR) is 45.1 cm³/mol. The fourth-order valence-corrected chi connectivity index (χ4v) is 1.26. The molecule has 0 aromatic heterocycles. The molecule has 0 radical (unpaired) electrons. The van der Waals surface area contributed by atoms with Gasteiger partial charge in [0.25, 0.3) is 0 Å². The van der Waals surface area contributed by atoms with Crippen LogP contribution in [0.3, 0.4) is 0 Å². The van der Waals surface area contributed by atoms with Crippen molar-refractivity contribution in [3.05, 3.63) is 0 Å². The lowest BCUT2D eigenvalue weighted by Gasteiger charge is -2.37. The lowest BCUT2D eigenvalue weighted by molar-refractivity contribution is 0.114. The van der Waals surface area contributed by atoms with E-state index in [-0.39, 0.29) is 0 Å². The zero-order valence-electron chi connectivity index (χ0n) is 7.48. The van der Waals surface area contributed by atoms with Gasteiger partial charge in [-0.15, -0.1) is 0 Å². The van der Waals surface area contributed by atoms with E-state index in [4.69, 9.17) is 0 Å². The molecular formula is C9H19N. The van der Waals surface area contributed by atoms with Gasteiger partial charge in [-0.2, -0.15) is 0 Å². The van der Waals surface area contributed by atoms with Crippen LogP contribution in [0.5, 0.6) is 0 Å². The summed E-state index contributed by atoms with van der Waals surface area (Å²) >= 11 is 0. The number of hydrogen-bond acceptors (Lipinski definition) is 1. The summed E-state index contributed by atoms with van der Waals surface area (Å²) in [5.41, 5.74) is 0.542. The molecule has 0 atom stereocenters. The maximum Gasteiger partial charge on any atom is 0.00326 e. The van der Waals surface area contributed by atoms with Gasteiger partial charge < -0.3 is 4.90 Å². The third-order valence-electron chi connectivity index (χ3n) is 2.56. The van der Waals surface area contributed by atoms with E-state index in [1.807, 2.05) is 0 Å². The molecule has 1 aliphatic heterocycles. The zero-order valence-corrected chi connectivity index (χ0v) is 7.48. The first kappa shape index (κ1) is 8.06. The van der Waals surface area contributed by atoms with Gasteiger partial charge >= 0.3 is 0 Å². The van der Waals surface area contributed by atoms with E-state index in [0.717, 1.165) is 0 Å². The lowest BCUT2D eigenvalue weighted by Crippen LogP contribution is -2.42. The average molecular weight is 141 g/mol. The molecule has 0 aliphatic carbocycles. The molecule has 0 saturated carbocycles. The minimum Gasteiger partial charge on any atom is -0.303 e. The fraction of sp³-hybridized carbons (Fsp3) is 1.00. The highest BCUT2D eigenvalue weighted by Crippen LogP contribution is 2.23. The van der Waals surface area contributed by atoms with Crippen molar-refractivity contribution in [2.45, 2.75) is 33.6 Å². The Morgan fingerprint density at radius 1 is 1.30 bits per heavy atom. The van der Waals surface area contributed by atoms with Gasteiger partial charge in [-0.1, -0.05) is 20.8 Å². The molecule has 0 aromatic carbocycles. The Hall–Kier alpha value is -0.0400. The summed E-state index contributed by atoms with van der Waals surface area (Å²) < 4.78 is 0. The van der Waals surface area contributed by atoms with Crippen molar-refractivity contribution in [1.82, 2.24) is 4.90 Å².